The van der Waals surface area contributed by atoms with E-state index in [1.807, 2.05) is 25.1 Å². The van der Waals surface area contributed by atoms with Crippen LogP contribution in [-0.2, 0) is 25.0 Å². The van der Waals surface area contributed by atoms with Gasteiger partial charge in [0.05, 0.1) is 6.54 Å². The Balaban J connectivity index is 1.85. The Morgan fingerprint density at radius 2 is 2.08 bits per heavy atom. The summed E-state index contributed by atoms with van der Waals surface area (Å²) in [6.45, 7) is 2.38. The summed E-state index contributed by atoms with van der Waals surface area (Å²) in [5.74, 6) is 0. The van der Waals surface area contributed by atoms with Crippen LogP contribution in [0.3, 0.4) is 0 Å². The van der Waals surface area contributed by atoms with Crippen LogP contribution in [0.25, 0.3) is 10.9 Å². The van der Waals surface area contributed by atoms with Crippen molar-refractivity contribution in [1.82, 2.24) is 9.55 Å². The Morgan fingerprint density at radius 1 is 1.25 bits per heavy atom. The van der Waals surface area contributed by atoms with Crippen molar-refractivity contribution in [3.8, 4) is 0 Å². The molecule has 0 aliphatic heterocycles. The first-order valence-electron chi connectivity index (χ1n) is 8.49. The second kappa shape index (κ2) is 5.91. The van der Waals surface area contributed by atoms with Crippen molar-refractivity contribution in [2.75, 3.05) is 0 Å². The number of halogens is 1. The summed E-state index contributed by atoms with van der Waals surface area (Å²) in [4.78, 5) is 4.15. The molecule has 2 aromatic heterocycles. The van der Waals surface area contributed by atoms with Gasteiger partial charge in [-0.25, -0.2) is 0 Å². The van der Waals surface area contributed by atoms with Gasteiger partial charge in [0, 0.05) is 39.6 Å². The Kier molecular flexibility index (Phi) is 3.86. The zero-order valence-electron chi connectivity index (χ0n) is 13.8. The van der Waals surface area contributed by atoms with Gasteiger partial charge >= 0.3 is 0 Å². The topological polar surface area (TPSA) is 38.0 Å². The maximum atomic E-state index is 11.1. The van der Waals surface area contributed by atoms with Gasteiger partial charge in [-0.05, 0) is 62.4 Å². The van der Waals surface area contributed by atoms with Crippen molar-refractivity contribution in [1.29, 1.82) is 0 Å². The van der Waals surface area contributed by atoms with Crippen LogP contribution in [0.1, 0.15) is 36.6 Å². The molecule has 2 heterocycles. The molecular formula is C20H21ClN2O. The van der Waals surface area contributed by atoms with Crippen LogP contribution in [0, 0.1) is 0 Å². The second-order valence-electron chi connectivity index (χ2n) is 6.90. The molecule has 24 heavy (non-hydrogen) atoms. The van der Waals surface area contributed by atoms with Crippen LogP contribution in [-0.4, -0.2) is 14.7 Å². The minimum atomic E-state index is -0.967. The van der Waals surface area contributed by atoms with E-state index >= 15 is 0 Å². The SMILES string of the molecule is CC(O)(Cn1c2c(c3cc(Cl)ccc31)CCCC2)c1cccnc1. The minimum Gasteiger partial charge on any atom is -0.384 e. The van der Waals surface area contributed by atoms with Crippen LogP contribution in [0.5, 0.6) is 0 Å². The Labute approximate surface area is 146 Å². The van der Waals surface area contributed by atoms with E-state index in [0.717, 1.165) is 28.9 Å². The predicted octanol–water partition coefficient (Wildman–Crippen LogP) is 4.48. The number of benzene rings is 1. The summed E-state index contributed by atoms with van der Waals surface area (Å²) >= 11 is 6.23. The van der Waals surface area contributed by atoms with Crippen LogP contribution in [0.15, 0.2) is 42.7 Å². The van der Waals surface area contributed by atoms with E-state index in [4.69, 9.17) is 11.6 Å². The lowest BCUT2D eigenvalue weighted by Gasteiger charge is -2.27. The molecule has 1 aromatic carbocycles. The molecule has 1 N–H and O–H groups in total. The quantitative estimate of drug-likeness (QED) is 0.763. The number of aromatic nitrogens is 2. The van der Waals surface area contributed by atoms with Gasteiger partial charge in [-0.2, -0.15) is 0 Å². The predicted molar refractivity (Wildman–Crippen MR) is 97.4 cm³/mol. The molecule has 4 heteroatoms. The van der Waals surface area contributed by atoms with Gasteiger partial charge in [0.2, 0.25) is 0 Å². The normalized spacial score (nSPS) is 16.8. The van der Waals surface area contributed by atoms with E-state index in [2.05, 4.69) is 21.7 Å². The molecule has 3 nitrogen and oxygen atoms in total. The zero-order valence-corrected chi connectivity index (χ0v) is 14.6. The van der Waals surface area contributed by atoms with Gasteiger partial charge in [-0.15, -0.1) is 0 Å². The maximum absolute atomic E-state index is 11.1. The van der Waals surface area contributed by atoms with Crippen molar-refractivity contribution in [2.45, 2.75) is 44.8 Å². The third-order valence-corrected chi connectivity index (χ3v) is 5.32. The van der Waals surface area contributed by atoms with E-state index < -0.39 is 5.60 Å². The Hall–Kier alpha value is -1.84. The van der Waals surface area contributed by atoms with Crippen LogP contribution in [0.2, 0.25) is 5.02 Å². The summed E-state index contributed by atoms with van der Waals surface area (Å²) in [5.41, 5.74) is 3.79. The summed E-state index contributed by atoms with van der Waals surface area (Å²) < 4.78 is 2.28. The number of aliphatic hydroxyl groups is 1. The third-order valence-electron chi connectivity index (χ3n) is 5.09. The fourth-order valence-electron chi connectivity index (χ4n) is 3.87. The lowest BCUT2D eigenvalue weighted by molar-refractivity contribution is 0.0383. The number of nitrogens with zero attached hydrogens (tertiary/aromatic N) is 2. The molecule has 0 fully saturated rings. The van der Waals surface area contributed by atoms with E-state index in [1.165, 1.54) is 29.5 Å². The average molecular weight is 341 g/mol. The molecule has 0 radical (unpaired) electrons. The molecule has 4 rings (SSSR count). The highest BCUT2D eigenvalue weighted by atomic mass is 35.5. The third kappa shape index (κ3) is 2.62. The summed E-state index contributed by atoms with van der Waals surface area (Å²) in [5, 5.41) is 13.1. The van der Waals surface area contributed by atoms with Gasteiger partial charge < -0.3 is 9.67 Å². The highest BCUT2D eigenvalue weighted by molar-refractivity contribution is 6.31. The molecular weight excluding hydrogens is 320 g/mol. The number of aryl methyl sites for hydroxylation is 1. The molecule has 0 amide bonds. The van der Waals surface area contributed by atoms with Crippen LogP contribution < -0.4 is 0 Å². The average Bonchev–Trinajstić information content (AvgIpc) is 2.89. The van der Waals surface area contributed by atoms with Gasteiger partial charge in [0.25, 0.3) is 0 Å². The van der Waals surface area contributed by atoms with Gasteiger partial charge in [0.15, 0.2) is 0 Å². The van der Waals surface area contributed by atoms with Gasteiger partial charge in [-0.1, -0.05) is 17.7 Å². The smallest absolute Gasteiger partial charge is 0.106 e. The highest BCUT2D eigenvalue weighted by Crippen LogP contribution is 2.35. The molecule has 0 saturated heterocycles. The standard InChI is InChI=1S/C20H21ClN2O/c1-20(24,14-5-4-10-22-12-14)13-23-18-7-3-2-6-16(18)17-11-15(21)8-9-19(17)23/h4-5,8-12,24H,2-3,6-7,13H2,1H3. The molecule has 124 valence electrons. The molecule has 1 aliphatic carbocycles. The lowest BCUT2D eigenvalue weighted by atomic mass is 9.95. The second-order valence-corrected chi connectivity index (χ2v) is 7.33. The fraction of sp³-hybridized carbons (Fsp3) is 0.350. The number of rotatable bonds is 3. The van der Waals surface area contributed by atoms with Gasteiger partial charge in [-0.3, -0.25) is 4.98 Å². The molecule has 1 unspecified atom stereocenters. The monoisotopic (exact) mass is 340 g/mol. The number of hydrogen-bond donors (Lipinski definition) is 1. The number of pyridine rings is 1. The largest absolute Gasteiger partial charge is 0.384 e. The van der Waals surface area contributed by atoms with Crippen molar-refractivity contribution >= 4 is 22.5 Å². The number of hydrogen-bond acceptors (Lipinski definition) is 2. The molecule has 0 spiro atoms. The first-order valence-corrected chi connectivity index (χ1v) is 8.86. The van der Waals surface area contributed by atoms with E-state index in [9.17, 15) is 5.11 Å². The molecule has 0 bridgehead atoms. The van der Waals surface area contributed by atoms with E-state index in [-0.39, 0.29) is 0 Å². The van der Waals surface area contributed by atoms with Crippen LogP contribution in [0.4, 0.5) is 0 Å². The molecule has 3 aromatic rings. The van der Waals surface area contributed by atoms with Crippen molar-refractivity contribution in [3.63, 3.8) is 0 Å². The van der Waals surface area contributed by atoms with Crippen LogP contribution >= 0.6 is 11.6 Å². The molecule has 1 aliphatic rings. The number of fused-ring (bicyclic) bond motifs is 3. The zero-order chi connectivity index (χ0) is 16.7. The lowest BCUT2D eigenvalue weighted by Crippen LogP contribution is -2.29. The molecule has 1 atom stereocenters. The first-order chi connectivity index (χ1) is 11.6. The van der Waals surface area contributed by atoms with Gasteiger partial charge in [0.1, 0.15) is 5.60 Å². The van der Waals surface area contributed by atoms with Crippen molar-refractivity contribution < 1.29 is 5.11 Å². The summed E-state index contributed by atoms with van der Waals surface area (Å²) in [6, 6.07) is 9.88. The Morgan fingerprint density at radius 3 is 2.88 bits per heavy atom. The highest BCUT2D eigenvalue weighted by Gasteiger charge is 2.28. The van der Waals surface area contributed by atoms with Crippen molar-refractivity contribution in [2.24, 2.45) is 0 Å². The first kappa shape index (κ1) is 15.7. The summed E-state index contributed by atoms with van der Waals surface area (Å²) in [7, 11) is 0. The fourth-order valence-corrected chi connectivity index (χ4v) is 4.04. The minimum absolute atomic E-state index is 0.520. The summed E-state index contributed by atoms with van der Waals surface area (Å²) in [6.07, 6.45) is 8.05. The maximum Gasteiger partial charge on any atom is 0.106 e. The van der Waals surface area contributed by atoms with E-state index in [0.29, 0.717) is 6.54 Å². The molecule has 0 saturated carbocycles. The van der Waals surface area contributed by atoms with Crippen molar-refractivity contribution in [3.05, 3.63) is 64.6 Å². The Bertz CT molecular complexity index is 884. The van der Waals surface area contributed by atoms with E-state index in [1.54, 1.807) is 12.4 Å².